The van der Waals surface area contributed by atoms with E-state index in [-0.39, 0.29) is 5.44 Å². The Bertz CT molecular complexity index is 464. The Morgan fingerprint density at radius 3 is 2.76 bits per heavy atom. The molecule has 0 unspecified atom stereocenters. The van der Waals surface area contributed by atoms with Gasteiger partial charge < -0.3 is 4.74 Å². The first-order valence-corrected chi connectivity index (χ1v) is 6.84. The average Bonchev–Trinajstić information content (AvgIpc) is 2.74. The van der Waals surface area contributed by atoms with Crippen LogP contribution in [0.25, 0.3) is 0 Å². The molecule has 0 radical (unpaired) electrons. The lowest BCUT2D eigenvalue weighted by Gasteiger charge is -2.13. The first-order valence-electron chi connectivity index (χ1n) is 5.96. The minimum absolute atomic E-state index is 0.0875. The summed E-state index contributed by atoms with van der Waals surface area (Å²) in [6.07, 6.45) is 3.35. The zero-order chi connectivity index (χ0) is 11.7. The van der Waals surface area contributed by atoms with Crippen molar-refractivity contribution in [2.24, 2.45) is 0 Å². The zero-order valence-corrected chi connectivity index (χ0v) is 10.3. The molecule has 17 heavy (non-hydrogen) atoms. The number of Topliss-reactive ketones (excluding diaryl/α,β-unsaturated/α-hetero) is 1. The Balaban J connectivity index is 1.69. The summed E-state index contributed by atoms with van der Waals surface area (Å²) in [6, 6.07) is 10.2. The third-order valence-electron chi connectivity index (χ3n) is 3.14. The topological polar surface area (TPSA) is 26.3 Å². The number of hydrogen-bond donors (Lipinski definition) is 0. The Morgan fingerprint density at radius 1 is 1.18 bits per heavy atom. The Hall–Kier alpha value is -1.22. The molecule has 0 bridgehead atoms. The van der Waals surface area contributed by atoms with Crippen LogP contribution < -0.4 is 0 Å². The van der Waals surface area contributed by atoms with Crippen molar-refractivity contribution in [1.82, 2.24) is 0 Å². The van der Waals surface area contributed by atoms with Gasteiger partial charge in [0.2, 0.25) is 0 Å². The highest BCUT2D eigenvalue weighted by Crippen LogP contribution is 2.40. The molecule has 0 N–H and O–H groups in total. The van der Waals surface area contributed by atoms with Crippen molar-refractivity contribution >= 4 is 17.5 Å². The van der Waals surface area contributed by atoms with Gasteiger partial charge in [-0.1, -0.05) is 30.0 Å². The van der Waals surface area contributed by atoms with Gasteiger partial charge in [-0.2, -0.15) is 0 Å². The normalized spacial score (nSPS) is 23.5. The van der Waals surface area contributed by atoms with Crippen LogP contribution >= 0.6 is 11.8 Å². The molecule has 1 aromatic carbocycles. The van der Waals surface area contributed by atoms with Gasteiger partial charge in [0, 0.05) is 29.7 Å². The third-order valence-corrected chi connectivity index (χ3v) is 4.21. The van der Waals surface area contributed by atoms with Crippen LogP contribution in [-0.2, 0) is 9.53 Å². The van der Waals surface area contributed by atoms with Gasteiger partial charge >= 0.3 is 0 Å². The molecule has 1 atom stereocenters. The number of ketones is 1. The summed E-state index contributed by atoms with van der Waals surface area (Å²) in [5, 5.41) is 0. The van der Waals surface area contributed by atoms with Gasteiger partial charge in [-0.3, -0.25) is 4.79 Å². The van der Waals surface area contributed by atoms with Crippen molar-refractivity contribution in [2.75, 3.05) is 0 Å². The summed E-state index contributed by atoms with van der Waals surface area (Å²) >= 11 is 1.70. The molecule has 3 rings (SSSR count). The summed E-state index contributed by atoms with van der Waals surface area (Å²) in [4.78, 5) is 12.9. The first kappa shape index (κ1) is 10.9. The number of ether oxygens (including phenoxy) is 1. The highest BCUT2D eigenvalue weighted by molar-refractivity contribution is 7.99. The van der Waals surface area contributed by atoms with Crippen molar-refractivity contribution < 1.29 is 9.53 Å². The average molecular weight is 246 g/mol. The first-order chi connectivity index (χ1) is 8.33. The van der Waals surface area contributed by atoms with Crippen LogP contribution in [0.4, 0.5) is 0 Å². The van der Waals surface area contributed by atoms with Crippen molar-refractivity contribution in [3.05, 3.63) is 41.7 Å². The second-order valence-electron chi connectivity index (χ2n) is 4.36. The monoisotopic (exact) mass is 246 g/mol. The molecule has 0 spiro atoms. The fraction of sp³-hybridized carbons (Fsp3) is 0.357. The number of carbonyl (C=O) groups is 1. The Labute approximate surface area is 105 Å². The van der Waals surface area contributed by atoms with Gasteiger partial charge in [0.25, 0.3) is 0 Å². The van der Waals surface area contributed by atoms with Crippen molar-refractivity contribution in [2.45, 2.75) is 36.0 Å². The molecule has 1 aliphatic carbocycles. The zero-order valence-electron chi connectivity index (χ0n) is 9.52. The number of thioether (sulfide) groups is 1. The van der Waals surface area contributed by atoms with Crippen LogP contribution in [0.15, 0.2) is 46.6 Å². The van der Waals surface area contributed by atoms with E-state index in [1.54, 1.807) is 11.8 Å². The summed E-state index contributed by atoms with van der Waals surface area (Å²) < 4.78 is 5.86. The Morgan fingerprint density at radius 2 is 2.00 bits per heavy atom. The summed E-state index contributed by atoms with van der Waals surface area (Å²) in [7, 11) is 0. The highest BCUT2D eigenvalue weighted by Gasteiger charge is 2.32. The largest absolute Gasteiger partial charge is 0.483 e. The maximum absolute atomic E-state index is 11.7. The van der Waals surface area contributed by atoms with Crippen LogP contribution in [0.5, 0.6) is 0 Å². The maximum Gasteiger partial charge on any atom is 0.162 e. The number of benzene rings is 1. The minimum Gasteiger partial charge on any atom is -0.483 e. The molecular formula is C14H14O2S. The summed E-state index contributed by atoms with van der Waals surface area (Å²) in [5.74, 6) is 1.25. The molecule has 0 saturated carbocycles. The highest BCUT2D eigenvalue weighted by atomic mass is 32.2. The van der Waals surface area contributed by atoms with E-state index in [0.717, 1.165) is 30.6 Å². The van der Waals surface area contributed by atoms with Crippen molar-refractivity contribution in [3.63, 3.8) is 0 Å². The molecule has 0 aromatic heterocycles. The van der Waals surface area contributed by atoms with Crippen LogP contribution in [0.2, 0.25) is 0 Å². The van der Waals surface area contributed by atoms with Crippen LogP contribution in [0.1, 0.15) is 25.7 Å². The molecule has 1 aromatic rings. The minimum atomic E-state index is 0.0875. The smallest absolute Gasteiger partial charge is 0.162 e. The quantitative estimate of drug-likeness (QED) is 0.798. The van der Waals surface area contributed by atoms with Gasteiger partial charge in [-0.25, -0.2) is 0 Å². The number of carbonyl (C=O) groups excluding carboxylic acids is 1. The molecule has 3 heteroatoms. The number of hydrogen-bond acceptors (Lipinski definition) is 3. The van der Waals surface area contributed by atoms with Gasteiger partial charge in [-0.05, 0) is 18.6 Å². The fourth-order valence-corrected chi connectivity index (χ4v) is 3.34. The molecule has 1 aliphatic heterocycles. The van der Waals surface area contributed by atoms with Gasteiger partial charge in [0.15, 0.2) is 11.2 Å². The van der Waals surface area contributed by atoms with Crippen molar-refractivity contribution in [3.8, 4) is 0 Å². The van der Waals surface area contributed by atoms with E-state index in [9.17, 15) is 4.79 Å². The van der Waals surface area contributed by atoms with Crippen LogP contribution in [0.3, 0.4) is 0 Å². The third kappa shape index (κ3) is 2.25. The molecule has 0 saturated heterocycles. The van der Waals surface area contributed by atoms with E-state index in [0.29, 0.717) is 12.2 Å². The molecule has 0 amide bonds. The lowest BCUT2D eigenvalue weighted by atomic mass is 9.96. The maximum atomic E-state index is 11.7. The van der Waals surface area contributed by atoms with Gasteiger partial charge in [0.1, 0.15) is 5.76 Å². The van der Waals surface area contributed by atoms with Gasteiger partial charge in [0.05, 0.1) is 0 Å². The number of rotatable bonds is 2. The molecule has 1 heterocycles. The molecule has 2 aliphatic rings. The van der Waals surface area contributed by atoms with E-state index in [1.165, 1.54) is 4.90 Å². The summed E-state index contributed by atoms with van der Waals surface area (Å²) in [5.41, 5.74) is 1.04. The SMILES string of the molecule is O=C1CCCC2=C1C[C@@H](Sc1ccccc1)O2. The predicted octanol–water partition coefficient (Wildman–Crippen LogP) is 3.53. The predicted molar refractivity (Wildman–Crippen MR) is 67.7 cm³/mol. The molecule has 2 nitrogen and oxygen atoms in total. The van der Waals surface area contributed by atoms with E-state index < -0.39 is 0 Å². The van der Waals surface area contributed by atoms with E-state index in [2.05, 4.69) is 12.1 Å². The Kier molecular flexibility index (Phi) is 2.93. The fourth-order valence-electron chi connectivity index (χ4n) is 2.31. The van der Waals surface area contributed by atoms with Crippen LogP contribution in [-0.4, -0.2) is 11.2 Å². The second-order valence-corrected chi connectivity index (χ2v) is 5.59. The molecule has 0 fully saturated rings. The second kappa shape index (κ2) is 4.57. The lowest BCUT2D eigenvalue weighted by molar-refractivity contribution is -0.116. The van der Waals surface area contributed by atoms with E-state index >= 15 is 0 Å². The van der Waals surface area contributed by atoms with E-state index in [1.807, 2.05) is 18.2 Å². The molecular weight excluding hydrogens is 232 g/mol. The standard InChI is InChI=1S/C14H14O2S/c15-12-7-4-8-13-11(12)9-14(16-13)17-10-5-2-1-3-6-10/h1-3,5-6,14H,4,7-9H2/t14-/m1/s1. The number of allylic oxidation sites excluding steroid dienone is 1. The van der Waals surface area contributed by atoms with Crippen molar-refractivity contribution in [1.29, 1.82) is 0 Å². The van der Waals surface area contributed by atoms with Crippen LogP contribution in [0, 0.1) is 0 Å². The van der Waals surface area contributed by atoms with E-state index in [4.69, 9.17) is 4.74 Å². The summed E-state index contributed by atoms with van der Waals surface area (Å²) in [6.45, 7) is 0. The van der Waals surface area contributed by atoms with Gasteiger partial charge in [-0.15, -0.1) is 0 Å². The lowest BCUT2D eigenvalue weighted by Crippen LogP contribution is -2.07. The molecule has 88 valence electrons.